The molecule has 5 aromatic carbocycles. The number of hydrogen-bond donors (Lipinski definition) is 0. The molecular formula is C31H17ClO. The number of fused-ring (bicyclic) bond motifs is 14. The lowest BCUT2D eigenvalue weighted by Crippen LogP contribution is -2.25. The van der Waals surface area contributed by atoms with Crippen molar-refractivity contribution >= 4 is 33.5 Å². The maximum absolute atomic E-state index is 6.61. The lowest BCUT2D eigenvalue weighted by Gasteiger charge is -2.30. The third-order valence-corrected chi connectivity index (χ3v) is 7.79. The molecule has 1 spiro atoms. The Hall–Kier alpha value is -3.81. The Morgan fingerprint density at radius 1 is 0.545 bits per heavy atom. The topological polar surface area (TPSA) is 13.1 Å². The molecule has 0 saturated heterocycles. The Kier molecular flexibility index (Phi) is 3.19. The minimum absolute atomic E-state index is 0.407. The third kappa shape index (κ3) is 1.97. The Morgan fingerprint density at radius 3 is 2.12 bits per heavy atom. The van der Waals surface area contributed by atoms with E-state index in [1.807, 2.05) is 12.1 Å². The molecule has 2 aliphatic carbocycles. The minimum atomic E-state index is -0.407. The second-order valence-electron chi connectivity index (χ2n) is 8.99. The van der Waals surface area contributed by atoms with Gasteiger partial charge in [-0.15, -0.1) is 0 Å². The molecule has 0 saturated carbocycles. The average molecular weight is 441 g/mol. The zero-order chi connectivity index (χ0) is 21.7. The molecule has 6 aromatic rings. The molecule has 1 nitrogen and oxygen atoms in total. The molecule has 33 heavy (non-hydrogen) atoms. The second kappa shape index (κ2) is 5.95. The molecule has 1 unspecified atom stereocenters. The Labute approximate surface area is 195 Å². The predicted molar refractivity (Wildman–Crippen MR) is 135 cm³/mol. The van der Waals surface area contributed by atoms with E-state index >= 15 is 0 Å². The summed E-state index contributed by atoms with van der Waals surface area (Å²) in [4.78, 5) is 0. The fourth-order valence-electron chi connectivity index (χ4n) is 6.37. The second-order valence-corrected chi connectivity index (χ2v) is 9.43. The highest BCUT2D eigenvalue weighted by Gasteiger charge is 2.52. The van der Waals surface area contributed by atoms with Crippen LogP contribution >= 0.6 is 11.6 Å². The summed E-state index contributed by atoms with van der Waals surface area (Å²) in [5.74, 6) is 0. The highest BCUT2D eigenvalue weighted by Crippen LogP contribution is 2.64. The molecule has 2 aliphatic rings. The van der Waals surface area contributed by atoms with Crippen LogP contribution in [-0.4, -0.2) is 0 Å². The van der Waals surface area contributed by atoms with Crippen molar-refractivity contribution in [2.75, 3.05) is 0 Å². The number of halogens is 1. The van der Waals surface area contributed by atoms with Gasteiger partial charge in [0, 0.05) is 21.4 Å². The smallest absolute Gasteiger partial charge is 0.143 e. The van der Waals surface area contributed by atoms with Gasteiger partial charge in [0.25, 0.3) is 0 Å². The number of hydrogen-bond acceptors (Lipinski definition) is 1. The molecule has 0 amide bonds. The van der Waals surface area contributed by atoms with Gasteiger partial charge in [0.1, 0.15) is 11.2 Å². The molecule has 0 aliphatic heterocycles. The first-order chi connectivity index (χ1) is 16.3. The molecule has 1 heterocycles. The quantitative estimate of drug-likeness (QED) is 0.230. The monoisotopic (exact) mass is 440 g/mol. The summed E-state index contributed by atoms with van der Waals surface area (Å²) in [6.07, 6.45) is 0. The van der Waals surface area contributed by atoms with Crippen LogP contribution in [0.1, 0.15) is 22.3 Å². The fraction of sp³-hybridized carbons (Fsp3) is 0.0323. The molecule has 154 valence electrons. The van der Waals surface area contributed by atoms with Gasteiger partial charge >= 0.3 is 0 Å². The first-order valence-corrected chi connectivity index (χ1v) is 11.6. The normalized spacial score (nSPS) is 17.4. The van der Waals surface area contributed by atoms with E-state index in [1.54, 1.807) is 0 Å². The van der Waals surface area contributed by atoms with Crippen LogP contribution in [0.3, 0.4) is 0 Å². The van der Waals surface area contributed by atoms with Gasteiger partial charge in [0.2, 0.25) is 0 Å². The summed E-state index contributed by atoms with van der Waals surface area (Å²) in [5.41, 5.74) is 11.6. The van der Waals surface area contributed by atoms with Gasteiger partial charge in [-0.3, -0.25) is 0 Å². The van der Waals surface area contributed by atoms with Crippen LogP contribution in [0.4, 0.5) is 0 Å². The van der Waals surface area contributed by atoms with Crippen molar-refractivity contribution in [3.05, 3.63) is 130 Å². The van der Waals surface area contributed by atoms with Gasteiger partial charge in [-0.25, -0.2) is 0 Å². The zero-order valence-electron chi connectivity index (χ0n) is 17.6. The molecule has 0 bridgehead atoms. The van der Waals surface area contributed by atoms with E-state index in [9.17, 15) is 0 Å². The molecular weight excluding hydrogens is 424 g/mol. The molecule has 2 heteroatoms. The van der Waals surface area contributed by atoms with Crippen molar-refractivity contribution < 1.29 is 4.42 Å². The van der Waals surface area contributed by atoms with E-state index in [-0.39, 0.29) is 0 Å². The van der Waals surface area contributed by atoms with Crippen molar-refractivity contribution in [1.82, 2.24) is 0 Å². The third-order valence-electron chi connectivity index (χ3n) is 7.56. The summed E-state index contributed by atoms with van der Waals surface area (Å²) in [6, 6.07) is 36.8. The number of benzene rings is 5. The number of rotatable bonds is 0. The Balaban J connectivity index is 1.62. The van der Waals surface area contributed by atoms with Crippen molar-refractivity contribution in [1.29, 1.82) is 0 Å². The molecule has 0 radical (unpaired) electrons. The molecule has 8 rings (SSSR count). The van der Waals surface area contributed by atoms with Crippen molar-refractivity contribution in [2.45, 2.75) is 5.41 Å². The van der Waals surface area contributed by atoms with Crippen LogP contribution in [0.2, 0.25) is 5.02 Å². The summed E-state index contributed by atoms with van der Waals surface area (Å²) < 4.78 is 6.53. The summed E-state index contributed by atoms with van der Waals surface area (Å²) >= 11 is 6.61. The van der Waals surface area contributed by atoms with Crippen LogP contribution in [0.15, 0.2) is 108 Å². The Morgan fingerprint density at radius 2 is 1.24 bits per heavy atom. The maximum Gasteiger partial charge on any atom is 0.143 e. The lowest BCUT2D eigenvalue weighted by atomic mass is 9.70. The molecule has 1 atom stereocenters. The van der Waals surface area contributed by atoms with Crippen LogP contribution in [0.5, 0.6) is 0 Å². The van der Waals surface area contributed by atoms with Crippen molar-refractivity contribution in [2.24, 2.45) is 0 Å². The SMILES string of the molecule is Clc1ccc2c(c1)C1(c3ccccc3-2)c2ccccc2-c2c1ccc1c2oc2ccccc21. The largest absolute Gasteiger partial charge is 0.455 e. The van der Waals surface area contributed by atoms with E-state index in [1.165, 1.54) is 44.5 Å². The summed E-state index contributed by atoms with van der Waals surface area (Å²) in [7, 11) is 0. The van der Waals surface area contributed by atoms with Gasteiger partial charge in [-0.1, -0.05) is 96.5 Å². The van der Waals surface area contributed by atoms with Gasteiger partial charge in [0.05, 0.1) is 5.41 Å². The van der Waals surface area contributed by atoms with Crippen LogP contribution in [-0.2, 0) is 5.41 Å². The summed E-state index contributed by atoms with van der Waals surface area (Å²) in [6.45, 7) is 0. The molecule has 0 N–H and O–H groups in total. The summed E-state index contributed by atoms with van der Waals surface area (Å²) in [5, 5.41) is 3.08. The van der Waals surface area contributed by atoms with Crippen LogP contribution in [0.25, 0.3) is 44.2 Å². The maximum atomic E-state index is 6.61. The molecule has 0 fully saturated rings. The van der Waals surface area contributed by atoms with E-state index < -0.39 is 5.41 Å². The first kappa shape index (κ1) is 17.7. The number of para-hydroxylation sites is 1. The standard InChI is InChI=1S/C31H17ClO/c32-18-13-14-20-19-7-1-4-10-24(19)31(27(20)17-18)25-11-5-2-9-23(25)29-26(31)16-15-22-21-8-3-6-12-28(21)33-30(22)29/h1-17H. The highest BCUT2D eigenvalue weighted by molar-refractivity contribution is 6.31. The highest BCUT2D eigenvalue weighted by atomic mass is 35.5. The molecule has 1 aromatic heterocycles. The van der Waals surface area contributed by atoms with Crippen molar-refractivity contribution in [3.8, 4) is 22.3 Å². The minimum Gasteiger partial charge on any atom is -0.455 e. The van der Waals surface area contributed by atoms with E-state index in [4.69, 9.17) is 16.0 Å². The van der Waals surface area contributed by atoms with Crippen LogP contribution < -0.4 is 0 Å². The van der Waals surface area contributed by atoms with Gasteiger partial charge in [0.15, 0.2) is 0 Å². The lowest BCUT2D eigenvalue weighted by molar-refractivity contribution is 0.669. The fourth-order valence-corrected chi connectivity index (χ4v) is 6.55. The van der Waals surface area contributed by atoms with Gasteiger partial charge in [-0.2, -0.15) is 0 Å². The van der Waals surface area contributed by atoms with Gasteiger partial charge in [-0.05, 0) is 57.1 Å². The van der Waals surface area contributed by atoms with Gasteiger partial charge < -0.3 is 4.42 Å². The zero-order valence-corrected chi connectivity index (χ0v) is 18.4. The van der Waals surface area contributed by atoms with E-state index in [2.05, 4.69) is 91.0 Å². The average Bonchev–Trinajstić information content (AvgIpc) is 3.47. The first-order valence-electron chi connectivity index (χ1n) is 11.2. The van der Waals surface area contributed by atoms with E-state index in [0.717, 1.165) is 27.0 Å². The number of furan rings is 1. The van der Waals surface area contributed by atoms with E-state index in [0.29, 0.717) is 0 Å². The Bertz CT molecular complexity index is 1790. The van der Waals surface area contributed by atoms with Crippen molar-refractivity contribution in [3.63, 3.8) is 0 Å². The predicted octanol–water partition coefficient (Wildman–Crippen LogP) is 8.58. The van der Waals surface area contributed by atoms with Crippen LogP contribution in [0, 0.1) is 0 Å².